The monoisotopic (exact) mass is 756 g/mol. The summed E-state index contributed by atoms with van der Waals surface area (Å²) in [6, 6.07) is 0. The third-order valence-electron chi connectivity index (χ3n) is 6.59. The minimum atomic E-state index is -1.39. The Balaban J connectivity index is -0.000000560. The number of carbonyl (C=O) groups excluding carboxylic acids is 6. The Morgan fingerprint density at radius 3 is 1.21 bits per heavy atom. The maximum atomic E-state index is 11.4. The summed E-state index contributed by atoms with van der Waals surface area (Å²) in [5, 5.41) is 18.3. The molecule has 0 aliphatic heterocycles. The quantitative estimate of drug-likeness (QED) is 0.0552. The van der Waals surface area contributed by atoms with Crippen molar-refractivity contribution in [2.75, 3.05) is 14.2 Å². The first-order valence-electron chi connectivity index (χ1n) is 14.9. The number of rotatable bonds is 22. The van der Waals surface area contributed by atoms with Crippen molar-refractivity contribution in [2.24, 2.45) is 11.8 Å². The van der Waals surface area contributed by atoms with Gasteiger partial charge < -0.3 is 19.8 Å². The van der Waals surface area contributed by atoms with E-state index < -0.39 is 43.6 Å². The Morgan fingerprint density at radius 1 is 0.651 bits per heavy atom. The Kier molecular flexibility index (Phi) is 33.0. The Hall–Kier alpha value is -1.28. The van der Waals surface area contributed by atoms with E-state index in [2.05, 4.69) is 48.6 Å². The third kappa shape index (κ3) is 28.0. The van der Waals surface area contributed by atoms with Crippen molar-refractivity contribution in [1.82, 2.24) is 0 Å². The molecule has 4 atom stereocenters. The third-order valence-corrected chi connectivity index (χ3v) is 11.0. The molecule has 13 heteroatoms. The Bertz CT molecular complexity index is 746. The predicted molar refractivity (Wildman–Crippen MR) is 170 cm³/mol. The molecule has 0 aromatic rings. The van der Waals surface area contributed by atoms with E-state index in [9.17, 15) is 39.0 Å². The molecular formula is C30H52O10S2Sn. The van der Waals surface area contributed by atoms with E-state index in [0.717, 1.165) is 60.2 Å². The second kappa shape index (κ2) is 30.7. The van der Waals surface area contributed by atoms with Gasteiger partial charge in [-0.2, -0.15) is 25.3 Å². The van der Waals surface area contributed by atoms with Crippen LogP contribution >= 0.6 is 25.3 Å². The van der Waals surface area contributed by atoms with Crippen LogP contribution in [0, 0.1) is 11.8 Å². The van der Waals surface area contributed by atoms with Crippen molar-refractivity contribution in [3.8, 4) is 0 Å². The number of esters is 2. The molecule has 0 heterocycles. The molecule has 0 aromatic heterocycles. The van der Waals surface area contributed by atoms with Crippen molar-refractivity contribution < 1.29 is 48.5 Å². The summed E-state index contributed by atoms with van der Waals surface area (Å²) in [6.07, 6.45) is 9.72. The van der Waals surface area contributed by atoms with Crippen molar-refractivity contribution in [2.45, 2.75) is 124 Å². The number of ketones is 2. The average Bonchev–Trinajstić information content (AvgIpc) is 2.99. The number of methoxy groups -OCH3 is 2. The van der Waals surface area contributed by atoms with Crippen LogP contribution in [0.2, 0.25) is 8.87 Å². The topological polar surface area (TPSA) is 167 Å². The zero-order valence-electron chi connectivity index (χ0n) is 26.7. The van der Waals surface area contributed by atoms with Crippen LogP contribution in [0.4, 0.5) is 0 Å². The van der Waals surface area contributed by atoms with Gasteiger partial charge in [0, 0.05) is 12.8 Å². The normalized spacial score (nSPS) is 12.8. The molecule has 0 aliphatic rings. The molecule has 0 aliphatic carbocycles. The number of carboxylic acids is 2. The van der Waals surface area contributed by atoms with Crippen LogP contribution in [-0.2, 0) is 38.2 Å². The molecule has 10 nitrogen and oxygen atoms in total. The summed E-state index contributed by atoms with van der Waals surface area (Å²) >= 11 is 6.87. The first-order chi connectivity index (χ1) is 20.2. The van der Waals surface area contributed by atoms with Gasteiger partial charge in [0.05, 0.1) is 22.4 Å². The van der Waals surface area contributed by atoms with E-state index in [1.165, 1.54) is 14.2 Å². The molecule has 0 spiro atoms. The van der Waals surface area contributed by atoms with Gasteiger partial charge in [-0.1, -0.05) is 79.1 Å². The molecule has 0 fully saturated rings. The molecule has 43 heavy (non-hydrogen) atoms. The SMILES string of the molecule is CCCCC(CC)CC(=O)C(S)C(=O)[O-].CCCCC(CC)CC(=O)C(S)C(=O)[O-].COC(=O)C[CH2][Sn+2][CH2]CC(=O)OC. The van der Waals surface area contributed by atoms with Gasteiger partial charge in [-0.15, -0.1) is 0 Å². The number of ether oxygens (including phenoxy) is 2. The van der Waals surface area contributed by atoms with E-state index in [4.69, 9.17) is 0 Å². The van der Waals surface area contributed by atoms with Gasteiger partial charge in [-0.3, -0.25) is 9.59 Å². The van der Waals surface area contributed by atoms with Gasteiger partial charge in [0.1, 0.15) is 0 Å². The van der Waals surface area contributed by atoms with Crippen LogP contribution < -0.4 is 10.2 Å². The van der Waals surface area contributed by atoms with Crippen molar-refractivity contribution in [3.63, 3.8) is 0 Å². The summed E-state index contributed by atoms with van der Waals surface area (Å²) < 4.78 is 10.9. The molecule has 0 N–H and O–H groups in total. The van der Waals surface area contributed by atoms with Crippen LogP contribution in [0.3, 0.4) is 0 Å². The molecule has 248 valence electrons. The van der Waals surface area contributed by atoms with Crippen molar-refractivity contribution >= 4 is 81.8 Å². The summed E-state index contributed by atoms with van der Waals surface area (Å²) in [4.78, 5) is 65.0. The first kappa shape index (κ1) is 46.1. The number of hydrogen-bond acceptors (Lipinski definition) is 12. The van der Waals surface area contributed by atoms with E-state index in [0.29, 0.717) is 25.7 Å². The number of thiol groups is 2. The van der Waals surface area contributed by atoms with Crippen LogP contribution in [0.25, 0.3) is 0 Å². The predicted octanol–water partition coefficient (Wildman–Crippen LogP) is 3.07. The Morgan fingerprint density at radius 2 is 0.977 bits per heavy atom. The first-order valence-corrected chi connectivity index (χ1v) is 20.0. The summed E-state index contributed by atoms with van der Waals surface area (Å²) in [5.74, 6) is -3.19. The molecule has 4 unspecified atom stereocenters. The fraction of sp³-hybridized carbons (Fsp3) is 0.800. The number of aliphatic carboxylic acids is 2. The second-order valence-corrected chi connectivity index (χ2v) is 15.3. The Labute approximate surface area is 279 Å². The molecule has 0 saturated heterocycles. The van der Waals surface area contributed by atoms with Gasteiger partial charge >= 0.3 is 88.1 Å². The van der Waals surface area contributed by atoms with E-state index >= 15 is 0 Å². The van der Waals surface area contributed by atoms with Crippen LogP contribution in [0.5, 0.6) is 0 Å². The van der Waals surface area contributed by atoms with Gasteiger partial charge in [0.2, 0.25) is 0 Å². The van der Waals surface area contributed by atoms with Crippen molar-refractivity contribution in [3.05, 3.63) is 0 Å². The fourth-order valence-corrected chi connectivity index (χ4v) is 6.75. The zero-order valence-corrected chi connectivity index (χ0v) is 31.3. The van der Waals surface area contributed by atoms with Crippen molar-refractivity contribution in [1.29, 1.82) is 0 Å². The van der Waals surface area contributed by atoms with Gasteiger partial charge in [-0.05, 0) is 11.8 Å². The number of hydrogen-bond donors (Lipinski definition) is 2. The van der Waals surface area contributed by atoms with E-state index in [1.54, 1.807) is 0 Å². The second-order valence-electron chi connectivity index (χ2n) is 10.0. The number of Topliss-reactive ketones (excluding diaryl/α,β-unsaturated/α-hetero) is 2. The summed E-state index contributed by atoms with van der Waals surface area (Å²) in [7, 11) is 2.78. The van der Waals surface area contributed by atoms with Crippen LogP contribution in [0.15, 0.2) is 0 Å². The van der Waals surface area contributed by atoms with Gasteiger partial charge in [0.25, 0.3) is 0 Å². The number of carboxylic acid groups (broad SMARTS) is 2. The molecule has 0 bridgehead atoms. The summed E-state index contributed by atoms with van der Waals surface area (Å²) in [6.45, 7) is 8.22. The average molecular weight is 756 g/mol. The van der Waals surface area contributed by atoms with Gasteiger partial charge in [0.15, 0.2) is 11.6 Å². The zero-order chi connectivity index (χ0) is 33.8. The van der Waals surface area contributed by atoms with Crippen LogP contribution in [0.1, 0.15) is 105 Å². The number of unbranched alkanes of at least 4 members (excludes halogenated alkanes) is 2. The van der Waals surface area contributed by atoms with E-state index in [-0.39, 0.29) is 35.3 Å². The molecule has 0 saturated carbocycles. The molecular weight excluding hydrogens is 703 g/mol. The maximum absolute atomic E-state index is 11.4. The fourth-order valence-electron chi connectivity index (χ4n) is 3.65. The van der Waals surface area contributed by atoms with Crippen LogP contribution in [-0.4, -0.2) is 81.3 Å². The minimum absolute atomic E-state index is 0.154. The molecule has 0 amide bonds. The van der Waals surface area contributed by atoms with E-state index in [1.807, 2.05) is 13.8 Å². The summed E-state index contributed by atoms with van der Waals surface area (Å²) in [5.41, 5.74) is 0. The molecule has 0 rings (SSSR count). The number of carbonyl (C=O) groups is 6. The standard InChI is InChI=1S/2C11H20O3S.2C4H7O2.Sn/c2*1-3-5-6-8(4-2)7-9(12)10(15)11(13)14;2*1-3-4(5)6-2;/h2*8,10,15H,3-7H2,1-2H3,(H,13,14);2*1,3H2,2H3;/q;;;;+2/p-2. The van der Waals surface area contributed by atoms with Gasteiger partial charge in [-0.25, -0.2) is 0 Å². The molecule has 0 radical (unpaired) electrons. The molecule has 0 aromatic carbocycles.